The van der Waals surface area contributed by atoms with Crippen molar-refractivity contribution in [3.8, 4) is 0 Å². The molecule has 0 radical (unpaired) electrons. The Kier molecular flexibility index (Phi) is 3.66. The van der Waals surface area contributed by atoms with Gasteiger partial charge in [-0.05, 0) is 23.8 Å². The van der Waals surface area contributed by atoms with Gasteiger partial charge < -0.3 is 11.1 Å². The Hall–Kier alpha value is -0.520. The minimum absolute atomic E-state index is 0.0184. The monoisotopic (exact) mass is 242 g/mol. The number of thiophene rings is 1. The predicted octanol–water partition coefficient (Wildman–Crippen LogP) is 1.23. The third-order valence-electron chi connectivity index (χ3n) is 2.28. The molecule has 0 saturated carbocycles. The van der Waals surface area contributed by atoms with Gasteiger partial charge in [-0.3, -0.25) is 4.79 Å². The summed E-state index contributed by atoms with van der Waals surface area (Å²) < 4.78 is 0. The molecule has 1 aromatic rings. The Balaban J connectivity index is 2.08. The first-order chi connectivity index (χ1) is 7.31. The molecule has 1 aliphatic rings. The van der Waals surface area contributed by atoms with Gasteiger partial charge in [-0.15, -0.1) is 11.3 Å². The van der Waals surface area contributed by atoms with Gasteiger partial charge in [-0.2, -0.15) is 11.8 Å². The van der Waals surface area contributed by atoms with Crippen molar-refractivity contribution in [3.63, 3.8) is 0 Å². The number of nitrogens with one attached hydrogen (secondary N) is 1. The lowest BCUT2D eigenvalue weighted by Gasteiger charge is -2.08. The van der Waals surface area contributed by atoms with Crippen molar-refractivity contribution in [1.29, 1.82) is 0 Å². The van der Waals surface area contributed by atoms with Crippen LogP contribution in [0.15, 0.2) is 6.07 Å². The second kappa shape index (κ2) is 5.01. The summed E-state index contributed by atoms with van der Waals surface area (Å²) in [6, 6.07) is 2.03. The zero-order chi connectivity index (χ0) is 10.7. The fourth-order valence-corrected chi connectivity index (χ4v) is 3.82. The van der Waals surface area contributed by atoms with Crippen molar-refractivity contribution >= 4 is 29.0 Å². The summed E-state index contributed by atoms with van der Waals surface area (Å²) >= 11 is 3.56. The van der Waals surface area contributed by atoms with E-state index in [9.17, 15) is 4.79 Å². The summed E-state index contributed by atoms with van der Waals surface area (Å²) in [5, 5.41) is 2.80. The van der Waals surface area contributed by atoms with Crippen molar-refractivity contribution in [3.05, 3.63) is 21.4 Å². The Morgan fingerprint density at radius 2 is 2.47 bits per heavy atom. The molecule has 0 aromatic carbocycles. The maximum Gasteiger partial charge on any atom is 0.261 e. The van der Waals surface area contributed by atoms with Crippen LogP contribution in [0.2, 0.25) is 0 Å². The maximum atomic E-state index is 11.7. The van der Waals surface area contributed by atoms with E-state index >= 15 is 0 Å². The lowest BCUT2D eigenvalue weighted by atomic mass is 10.2. The highest BCUT2D eigenvalue weighted by Crippen LogP contribution is 2.31. The van der Waals surface area contributed by atoms with Crippen LogP contribution in [0, 0.1) is 0 Å². The third-order valence-corrected chi connectivity index (χ3v) is 4.53. The summed E-state index contributed by atoms with van der Waals surface area (Å²) in [5.74, 6) is 2.25. The molecule has 0 saturated heterocycles. The molecule has 0 bridgehead atoms. The SMILES string of the molecule is NCCNC(=O)c1cc2c(s1)CCSC2. The second-order valence-electron chi connectivity index (χ2n) is 3.41. The number of carbonyl (C=O) groups excluding carboxylic acids is 1. The normalized spacial score (nSPS) is 14.7. The molecular weight excluding hydrogens is 228 g/mol. The van der Waals surface area contributed by atoms with Crippen molar-refractivity contribution in [1.82, 2.24) is 5.32 Å². The zero-order valence-corrected chi connectivity index (χ0v) is 10.0. The van der Waals surface area contributed by atoms with Crippen molar-refractivity contribution in [2.45, 2.75) is 12.2 Å². The quantitative estimate of drug-likeness (QED) is 0.838. The van der Waals surface area contributed by atoms with Gasteiger partial charge in [0.15, 0.2) is 0 Å². The summed E-state index contributed by atoms with van der Waals surface area (Å²) in [6.45, 7) is 1.04. The molecule has 82 valence electrons. The molecule has 1 aliphatic heterocycles. The minimum Gasteiger partial charge on any atom is -0.350 e. The average molecular weight is 242 g/mol. The van der Waals surface area contributed by atoms with Gasteiger partial charge in [-0.1, -0.05) is 0 Å². The molecule has 0 fully saturated rings. The zero-order valence-electron chi connectivity index (χ0n) is 8.41. The van der Waals surface area contributed by atoms with E-state index in [1.54, 1.807) is 11.3 Å². The number of fused-ring (bicyclic) bond motifs is 1. The number of aryl methyl sites for hydroxylation is 1. The number of thioether (sulfide) groups is 1. The van der Waals surface area contributed by atoms with Gasteiger partial charge in [0.2, 0.25) is 0 Å². The number of nitrogens with two attached hydrogens (primary N) is 1. The van der Waals surface area contributed by atoms with Crippen LogP contribution in [0.25, 0.3) is 0 Å². The van der Waals surface area contributed by atoms with E-state index in [-0.39, 0.29) is 5.91 Å². The van der Waals surface area contributed by atoms with E-state index in [0.29, 0.717) is 13.1 Å². The van der Waals surface area contributed by atoms with Crippen LogP contribution in [0.5, 0.6) is 0 Å². The van der Waals surface area contributed by atoms with Crippen LogP contribution in [-0.4, -0.2) is 24.7 Å². The molecule has 1 amide bonds. The highest BCUT2D eigenvalue weighted by Gasteiger charge is 2.16. The van der Waals surface area contributed by atoms with E-state index in [4.69, 9.17) is 5.73 Å². The van der Waals surface area contributed by atoms with Gasteiger partial charge in [0.1, 0.15) is 0 Å². The first kappa shape index (κ1) is 11.0. The predicted molar refractivity (Wildman–Crippen MR) is 65.6 cm³/mol. The molecule has 0 atom stereocenters. The van der Waals surface area contributed by atoms with Crippen molar-refractivity contribution < 1.29 is 4.79 Å². The van der Waals surface area contributed by atoms with E-state index in [1.165, 1.54) is 16.2 Å². The molecule has 0 unspecified atom stereocenters. The molecule has 2 heterocycles. The van der Waals surface area contributed by atoms with Crippen molar-refractivity contribution in [2.24, 2.45) is 5.73 Å². The largest absolute Gasteiger partial charge is 0.350 e. The summed E-state index contributed by atoms with van der Waals surface area (Å²) in [6.07, 6.45) is 1.11. The van der Waals surface area contributed by atoms with Crippen LogP contribution in [-0.2, 0) is 12.2 Å². The van der Waals surface area contributed by atoms with Gasteiger partial charge in [0.05, 0.1) is 4.88 Å². The van der Waals surface area contributed by atoms with Gasteiger partial charge in [-0.25, -0.2) is 0 Å². The number of rotatable bonds is 3. The Bertz CT molecular complexity index is 339. The third kappa shape index (κ3) is 2.53. The molecular formula is C10H14N2OS2. The topological polar surface area (TPSA) is 55.1 Å². The highest BCUT2D eigenvalue weighted by molar-refractivity contribution is 7.98. The molecule has 2 rings (SSSR count). The molecule has 3 nitrogen and oxygen atoms in total. The average Bonchev–Trinajstić information content (AvgIpc) is 2.69. The summed E-state index contributed by atoms with van der Waals surface area (Å²) in [5.41, 5.74) is 6.68. The first-order valence-electron chi connectivity index (χ1n) is 4.99. The van der Waals surface area contributed by atoms with Crippen molar-refractivity contribution in [2.75, 3.05) is 18.8 Å². The molecule has 3 N–H and O–H groups in total. The van der Waals surface area contributed by atoms with Crippen LogP contribution in [0.3, 0.4) is 0 Å². The van der Waals surface area contributed by atoms with E-state index in [0.717, 1.165) is 17.1 Å². The number of hydrogen-bond donors (Lipinski definition) is 2. The molecule has 15 heavy (non-hydrogen) atoms. The molecule has 0 aliphatic carbocycles. The molecule has 5 heteroatoms. The fourth-order valence-electron chi connectivity index (χ4n) is 1.53. The molecule has 0 spiro atoms. The van der Waals surface area contributed by atoms with E-state index < -0.39 is 0 Å². The van der Waals surface area contributed by atoms with E-state index in [1.807, 2.05) is 17.8 Å². The summed E-state index contributed by atoms with van der Waals surface area (Å²) in [4.78, 5) is 13.9. The number of hydrogen-bond acceptors (Lipinski definition) is 4. The van der Waals surface area contributed by atoms with E-state index in [2.05, 4.69) is 5.32 Å². The number of carbonyl (C=O) groups is 1. The Morgan fingerprint density at radius 3 is 3.20 bits per heavy atom. The van der Waals surface area contributed by atoms with Gasteiger partial charge in [0, 0.05) is 23.7 Å². The fraction of sp³-hybridized carbons (Fsp3) is 0.500. The maximum absolute atomic E-state index is 11.7. The lowest BCUT2D eigenvalue weighted by Crippen LogP contribution is -2.28. The second-order valence-corrected chi connectivity index (χ2v) is 5.65. The van der Waals surface area contributed by atoms with Crippen LogP contribution in [0.4, 0.5) is 0 Å². The van der Waals surface area contributed by atoms with Crippen LogP contribution < -0.4 is 11.1 Å². The van der Waals surface area contributed by atoms with Crippen LogP contribution >= 0.6 is 23.1 Å². The van der Waals surface area contributed by atoms with Gasteiger partial charge in [0.25, 0.3) is 5.91 Å². The van der Waals surface area contributed by atoms with Gasteiger partial charge >= 0.3 is 0 Å². The minimum atomic E-state index is 0.0184. The first-order valence-corrected chi connectivity index (χ1v) is 6.96. The number of amides is 1. The van der Waals surface area contributed by atoms with Crippen LogP contribution in [0.1, 0.15) is 20.1 Å². The smallest absolute Gasteiger partial charge is 0.261 e. The Labute approximate surface area is 97.4 Å². The Morgan fingerprint density at radius 1 is 1.60 bits per heavy atom. The molecule has 1 aromatic heterocycles. The highest BCUT2D eigenvalue weighted by atomic mass is 32.2. The lowest BCUT2D eigenvalue weighted by molar-refractivity contribution is 0.0959. The summed E-state index contributed by atoms with van der Waals surface area (Å²) in [7, 11) is 0. The standard InChI is InChI=1S/C10H14N2OS2/c11-2-3-12-10(13)9-5-7-6-14-4-1-8(7)15-9/h5H,1-4,6,11H2,(H,12,13).